The molecule has 2 atom stereocenters. The number of unbranched alkanes of at least 4 members (excludes halogenated alkanes) is 8. The molecule has 0 fully saturated rings. The predicted octanol–water partition coefficient (Wildman–Crippen LogP) is 20.7. The van der Waals surface area contributed by atoms with Crippen molar-refractivity contribution >= 4 is 164 Å². The van der Waals surface area contributed by atoms with Crippen LogP contribution in [0.15, 0.2) is 58.7 Å². The van der Waals surface area contributed by atoms with Gasteiger partial charge in [0, 0.05) is 76.4 Å². The molecule has 440 valence electrons. The van der Waals surface area contributed by atoms with Crippen molar-refractivity contribution in [3.05, 3.63) is 114 Å². The summed E-state index contributed by atoms with van der Waals surface area (Å²) in [6, 6.07) is 15.0. The lowest BCUT2D eigenvalue weighted by Gasteiger charge is -2.22. The molecule has 2 unspecified atom stereocenters. The number of nitrogens with zero attached hydrogens (tertiary/aromatic N) is 8. The Bertz CT molecular complexity index is 4500. The van der Waals surface area contributed by atoms with E-state index in [0.717, 1.165) is 199 Å². The fourth-order valence-electron chi connectivity index (χ4n) is 13.2. The van der Waals surface area contributed by atoms with E-state index in [0.29, 0.717) is 34.7 Å². The molecule has 12 rings (SSSR count). The van der Waals surface area contributed by atoms with Gasteiger partial charge in [-0.25, -0.2) is 17.6 Å². The van der Waals surface area contributed by atoms with Crippen LogP contribution in [0.3, 0.4) is 0 Å². The predicted molar refractivity (Wildman–Crippen MR) is 347 cm³/mol. The molecule has 87 heavy (non-hydrogen) atoms. The van der Waals surface area contributed by atoms with Gasteiger partial charge < -0.3 is 9.13 Å². The van der Waals surface area contributed by atoms with Crippen molar-refractivity contribution in [1.82, 2.24) is 17.9 Å². The Hall–Kier alpha value is -7.62. The number of thiophene rings is 4. The zero-order valence-electron chi connectivity index (χ0n) is 48.4. The molecule has 0 amide bonds. The van der Waals surface area contributed by atoms with E-state index in [-0.39, 0.29) is 55.7 Å². The van der Waals surface area contributed by atoms with Crippen molar-refractivity contribution in [3.8, 4) is 24.3 Å². The summed E-state index contributed by atoms with van der Waals surface area (Å²) in [4.78, 5) is 29.8. The van der Waals surface area contributed by atoms with Crippen molar-refractivity contribution in [2.24, 2.45) is 11.8 Å². The van der Waals surface area contributed by atoms with Gasteiger partial charge in [-0.05, 0) is 97.2 Å². The first kappa shape index (κ1) is 59.7. The minimum atomic E-state index is -1.20. The number of halogens is 4. The SMILES string of the molecule is CCCCCCC(CCCC)Cn1c2c3sc(/C=C4\C(=O)c5cc(F)c(F)cc5C4=C(C#N)C#N)cc3sc2c2c3nsnc3c3c4sc5cc(/C=C6\C(=O)c7cc(F)c(F)cc7C6=C(C#N)C#N)sc5c4n(CC(CCCC)CCCCCC)c3c21. The largest absolute Gasteiger partial charge is 0.337 e. The van der Waals surface area contributed by atoms with Crippen molar-refractivity contribution in [2.75, 3.05) is 0 Å². The van der Waals surface area contributed by atoms with Gasteiger partial charge in [-0.15, -0.1) is 45.3 Å². The lowest BCUT2D eigenvalue weighted by atomic mass is 9.94. The molecule has 0 saturated carbocycles. The molecule has 0 aliphatic heterocycles. The van der Waals surface area contributed by atoms with E-state index in [1.54, 1.807) is 34.8 Å². The number of benzene rings is 3. The maximum atomic E-state index is 14.9. The van der Waals surface area contributed by atoms with Crippen LogP contribution in [0.4, 0.5) is 17.6 Å². The summed E-state index contributed by atoms with van der Waals surface area (Å²) in [5, 5.41) is 42.6. The van der Waals surface area contributed by atoms with E-state index in [1.807, 2.05) is 36.4 Å². The highest BCUT2D eigenvalue weighted by molar-refractivity contribution is 7.34. The first-order valence-electron chi connectivity index (χ1n) is 29.9. The number of rotatable bonds is 22. The van der Waals surface area contributed by atoms with Crippen LogP contribution in [0.25, 0.3) is 95.4 Å². The average Bonchev–Trinajstić information content (AvgIpc) is 1.52. The molecule has 19 heteroatoms. The average molecular weight is 1260 g/mol. The van der Waals surface area contributed by atoms with Crippen LogP contribution in [0.1, 0.15) is 172 Å². The summed E-state index contributed by atoms with van der Waals surface area (Å²) in [6.45, 7) is 10.3. The fourth-order valence-corrected chi connectivity index (χ4v) is 19.1. The Morgan fingerprint density at radius 3 is 1.22 bits per heavy atom. The molecule has 7 heterocycles. The van der Waals surface area contributed by atoms with Gasteiger partial charge in [0.1, 0.15) is 46.5 Å². The van der Waals surface area contributed by atoms with E-state index in [1.165, 1.54) is 34.4 Å². The van der Waals surface area contributed by atoms with Gasteiger partial charge in [0.05, 0.1) is 52.6 Å². The number of allylic oxidation sites excluding steroid dienone is 6. The Balaban J connectivity index is 1.14. The van der Waals surface area contributed by atoms with Crippen LogP contribution < -0.4 is 0 Å². The number of ketones is 2. The highest BCUT2D eigenvalue weighted by Crippen LogP contribution is 2.55. The minimum absolute atomic E-state index is 0.00145. The Kier molecular flexibility index (Phi) is 17.1. The van der Waals surface area contributed by atoms with Crippen LogP contribution >= 0.6 is 57.1 Å². The monoisotopic (exact) mass is 1250 g/mol. The maximum Gasteiger partial charge on any atom is 0.194 e. The van der Waals surface area contributed by atoms with Crippen LogP contribution in [-0.4, -0.2) is 29.4 Å². The molecule has 2 aliphatic carbocycles. The minimum Gasteiger partial charge on any atom is -0.337 e. The molecular formula is C68H58F4N8O2S5. The molecule has 2 aliphatic rings. The van der Waals surface area contributed by atoms with Crippen LogP contribution in [-0.2, 0) is 13.1 Å². The molecule has 7 aromatic heterocycles. The lowest BCUT2D eigenvalue weighted by Crippen LogP contribution is -2.14. The fraction of sp³-hybridized carbons (Fsp3) is 0.353. The maximum absolute atomic E-state index is 14.9. The summed E-state index contributed by atoms with van der Waals surface area (Å²) in [6.07, 6.45) is 20.7. The van der Waals surface area contributed by atoms with Gasteiger partial charge in [-0.3, -0.25) is 9.59 Å². The summed E-state index contributed by atoms with van der Waals surface area (Å²) in [5.74, 6) is -5.37. The van der Waals surface area contributed by atoms with E-state index < -0.39 is 34.8 Å². The molecule has 10 aromatic rings. The van der Waals surface area contributed by atoms with Crippen LogP contribution in [0.5, 0.6) is 0 Å². The standard InChI is InChI=1S/C68H58F4N8O2S5/c1-5-9-13-15-19-35(17-11-7-3)33-79-59-55(67-61(79)65-51(85-67)23-39(83-65)21-45-53(37(29-73)30-74)41-25-47(69)49(71)27-43(41)63(45)81)57-58(78-87-77-57)56-60(59)80(34-36(18-12-8-4)20-16-14-10-6-2)62-66-52(86-68(56)62)24-40(84-66)22-46-54(38(31-75)32-76)42-26-48(70)50(72)28-44(42)64(46)82/h21-28,35-36H,5-20,33-34H2,1-4H3/b45-21-,46-22-. The first-order valence-corrected chi connectivity index (χ1v) is 33.9. The first-order chi connectivity index (χ1) is 42.3. The molecule has 3 aromatic carbocycles. The molecule has 0 bridgehead atoms. The van der Waals surface area contributed by atoms with Crippen LogP contribution in [0, 0.1) is 80.4 Å². The highest BCUT2D eigenvalue weighted by Gasteiger charge is 2.37. The third-order valence-corrected chi connectivity index (χ3v) is 22.6. The second kappa shape index (κ2) is 24.9. The number of Topliss-reactive ketones (excluding diaryl/α,β-unsaturated/α-hetero) is 2. The van der Waals surface area contributed by atoms with Gasteiger partial charge in [-0.2, -0.15) is 29.8 Å². The second-order valence-electron chi connectivity index (χ2n) is 22.9. The van der Waals surface area contributed by atoms with Gasteiger partial charge in [0.15, 0.2) is 34.8 Å². The highest BCUT2D eigenvalue weighted by atomic mass is 32.1. The van der Waals surface area contributed by atoms with E-state index in [2.05, 4.69) is 36.8 Å². The zero-order valence-corrected chi connectivity index (χ0v) is 52.5. The number of aromatic nitrogens is 4. The summed E-state index contributed by atoms with van der Waals surface area (Å²) < 4.78 is 80.8. The lowest BCUT2D eigenvalue weighted by molar-refractivity contribution is 0.103. The van der Waals surface area contributed by atoms with Crippen molar-refractivity contribution in [3.63, 3.8) is 0 Å². The van der Waals surface area contributed by atoms with Gasteiger partial charge in [0.25, 0.3) is 0 Å². The van der Waals surface area contributed by atoms with Crippen molar-refractivity contribution in [1.29, 1.82) is 21.0 Å². The van der Waals surface area contributed by atoms with Gasteiger partial charge in [-0.1, -0.05) is 105 Å². The van der Waals surface area contributed by atoms with Gasteiger partial charge >= 0.3 is 0 Å². The van der Waals surface area contributed by atoms with Crippen LogP contribution in [0.2, 0.25) is 0 Å². The summed E-state index contributed by atoms with van der Waals surface area (Å²) in [5.41, 5.74) is 4.84. The number of carbonyl (C=O) groups excluding carboxylic acids is 2. The molecule has 0 N–H and O–H groups in total. The Morgan fingerprint density at radius 1 is 0.483 bits per heavy atom. The third-order valence-electron chi connectivity index (χ3n) is 17.4. The quantitative estimate of drug-likeness (QED) is 0.0280. The normalized spacial score (nSPS) is 14.9. The molecular weight excluding hydrogens is 1200 g/mol. The summed E-state index contributed by atoms with van der Waals surface area (Å²) in [7, 11) is 0. The van der Waals surface area contributed by atoms with E-state index >= 15 is 0 Å². The molecule has 0 saturated heterocycles. The van der Waals surface area contributed by atoms with Crippen molar-refractivity contribution in [2.45, 2.75) is 144 Å². The number of fused-ring (bicyclic) bond motifs is 16. The second-order valence-corrected chi connectivity index (χ2v) is 27.7. The van der Waals surface area contributed by atoms with E-state index in [9.17, 15) is 48.2 Å². The number of nitriles is 4. The third kappa shape index (κ3) is 10.3. The van der Waals surface area contributed by atoms with Gasteiger partial charge in [0.2, 0.25) is 0 Å². The Labute approximate surface area is 520 Å². The smallest absolute Gasteiger partial charge is 0.194 e. The molecule has 0 spiro atoms. The summed E-state index contributed by atoms with van der Waals surface area (Å²) >= 11 is 7.47. The molecule has 10 nitrogen and oxygen atoms in total. The number of hydrogen-bond acceptors (Lipinski definition) is 13. The van der Waals surface area contributed by atoms with E-state index in [4.69, 9.17) is 8.75 Å². The molecule has 0 radical (unpaired) electrons. The Morgan fingerprint density at radius 2 is 0.851 bits per heavy atom. The van der Waals surface area contributed by atoms with Crippen molar-refractivity contribution < 1.29 is 27.2 Å². The topological polar surface area (TPSA) is 165 Å². The number of hydrogen-bond donors (Lipinski definition) is 0. The zero-order chi connectivity index (χ0) is 60.9. The number of carbonyl (C=O) groups is 2.